The van der Waals surface area contributed by atoms with Crippen molar-refractivity contribution in [2.75, 3.05) is 6.61 Å². The highest BCUT2D eigenvalue weighted by Gasteiger charge is 2.08. The average Bonchev–Trinajstić information content (AvgIpc) is 2.95. The molecule has 0 spiro atoms. The Hall–Kier alpha value is -2.21. The van der Waals surface area contributed by atoms with Crippen LogP contribution < -0.4 is 21.5 Å². The van der Waals surface area contributed by atoms with Gasteiger partial charge in [0.1, 0.15) is 18.9 Å². The quantitative estimate of drug-likeness (QED) is 0.383. The van der Waals surface area contributed by atoms with Crippen LogP contribution in [0.1, 0.15) is 29.8 Å². The van der Waals surface area contributed by atoms with E-state index in [-0.39, 0.29) is 28.9 Å². The van der Waals surface area contributed by atoms with Gasteiger partial charge < -0.3 is 21.7 Å². The molecule has 0 N–H and O–H groups in total. The Morgan fingerprint density at radius 2 is 2.13 bits per heavy atom. The molecule has 0 unspecified atom stereocenters. The summed E-state index contributed by atoms with van der Waals surface area (Å²) >= 11 is 0. The number of benzene rings is 1. The van der Waals surface area contributed by atoms with Gasteiger partial charge in [-0.25, -0.2) is 14.2 Å². The SMILES string of the molecule is CCOC(=O)/C=C/c1cccc(Cn2cc[n+](C(C)=O)c2)c1.[Br-]. The van der Waals surface area contributed by atoms with E-state index in [4.69, 9.17) is 4.74 Å². The van der Waals surface area contributed by atoms with Crippen molar-refractivity contribution < 1.29 is 35.9 Å². The first-order chi connectivity index (χ1) is 10.6. The van der Waals surface area contributed by atoms with Gasteiger partial charge in [0.2, 0.25) is 0 Å². The maximum absolute atomic E-state index is 11.3. The van der Waals surface area contributed by atoms with Crippen molar-refractivity contribution >= 4 is 18.0 Å². The molecule has 0 fully saturated rings. The molecule has 0 aliphatic carbocycles. The highest BCUT2D eigenvalue weighted by Crippen LogP contribution is 2.09. The van der Waals surface area contributed by atoms with E-state index in [9.17, 15) is 9.59 Å². The van der Waals surface area contributed by atoms with E-state index in [0.29, 0.717) is 13.2 Å². The maximum atomic E-state index is 11.3. The van der Waals surface area contributed by atoms with E-state index in [0.717, 1.165) is 11.1 Å². The van der Waals surface area contributed by atoms with E-state index < -0.39 is 0 Å². The zero-order chi connectivity index (χ0) is 15.9. The minimum Gasteiger partial charge on any atom is -1.00 e. The zero-order valence-electron chi connectivity index (χ0n) is 13.1. The van der Waals surface area contributed by atoms with Crippen LogP contribution in [-0.2, 0) is 16.1 Å². The van der Waals surface area contributed by atoms with Crippen LogP contribution in [0.15, 0.2) is 49.1 Å². The highest BCUT2D eigenvalue weighted by atomic mass is 79.9. The number of nitrogens with zero attached hydrogens (tertiary/aromatic N) is 2. The van der Waals surface area contributed by atoms with Gasteiger partial charge >= 0.3 is 11.9 Å². The van der Waals surface area contributed by atoms with Gasteiger partial charge in [0, 0.05) is 13.0 Å². The zero-order valence-corrected chi connectivity index (χ0v) is 14.7. The Labute approximate surface area is 146 Å². The summed E-state index contributed by atoms with van der Waals surface area (Å²) in [7, 11) is 0. The van der Waals surface area contributed by atoms with Crippen molar-refractivity contribution in [1.82, 2.24) is 4.57 Å². The lowest BCUT2D eigenvalue weighted by atomic mass is 10.1. The van der Waals surface area contributed by atoms with Crippen molar-refractivity contribution in [3.05, 3.63) is 60.2 Å². The molecule has 1 aromatic carbocycles. The van der Waals surface area contributed by atoms with Crippen LogP contribution in [0.4, 0.5) is 0 Å². The normalized spacial score (nSPS) is 10.3. The number of aromatic nitrogens is 2. The lowest BCUT2D eigenvalue weighted by molar-refractivity contribution is -0.572. The third-order valence-corrected chi connectivity index (χ3v) is 3.07. The monoisotopic (exact) mass is 378 g/mol. The molecule has 2 rings (SSSR count). The number of ether oxygens (including phenoxy) is 1. The average molecular weight is 379 g/mol. The number of carbonyl (C=O) groups is 2. The Morgan fingerprint density at radius 1 is 1.35 bits per heavy atom. The number of rotatable bonds is 5. The Kier molecular flexibility index (Phi) is 7.41. The first-order valence-electron chi connectivity index (χ1n) is 7.10. The van der Waals surface area contributed by atoms with Crippen molar-refractivity contribution in [2.24, 2.45) is 0 Å². The minimum atomic E-state index is -0.346. The van der Waals surface area contributed by atoms with Gasteiger partial charge in [-0.2, -0.15) is 4.57 Å². The van der Waals surface area contributed by atoms with E-state index in [2.05, 4.69) is 0 Å². The molecule has 2 aromatic rings. The summed E-state index contributed by atoms with van der Waals surface area (Å²) in [6, 6.07) is 7.85. The van der Waals surface area contributed by atoms with E-state index >= 15 is 0 Å². The molecule has 23 heavy (non-hydrogen) atoms. The lowest BCUT2D eigenvalue weighted by Crippen LogP contribution is -3.00. The van der Waals surface area contributed by atoms with Crippen LogP contribution >= 0.6 is 0 Å². The van der Waals surface area contributed by atoms with Crippen molar-refractivity contribution in [3.8, 4) is 0 Å². The van der Waals surface area contributed by atoms with Gasteiger partial charge in [0.05, 0.1) is 6.61 Å². The predicted molar refractivity (Wildman–Crippen MR) is 82.1 cm³/mol. The first-order valence-corrected chi connectivity index (χ1v) is 7.10. The molecule has 122 valence electrons. The molecule has 6 heteroatoms. The number of halogens is 1. The van der Waals surface area contributed by atoms with Crippen LogP contribution in [0, 0.1) is 0 Å². The first kappa shape index (κ1) is 18.8. The van der Waals surface area contributed by atoms with Gasteiger partial charge in [-0.05, 0) is 30.2 Å². The molecule has 1 heterocycles. The standard InChI is InChI=1S/C17H19N2O3.BrH/c1-3-22-17(21)8-7-15-5-4-6-16(11-15)12-18-9-10-19(13-18)14(2)20;/h4-11,13H,3,12H2,1-2H3;1H/q+1;/p-1/b8-7+;. The molecule has 0 saturated heterocycles. The van der Waals surface area contributed by atoms with Crippen LogP contribution in [0.25, 0.3) is 6.08 Å². The van der Waals surface area contributed by atoms with Crippen LogP contribution in [0.3, 0.4) is 0 Å². The molecule has 0 saturated carbocycles. The maximum Gasteiger partial charge on any atom is 0.330 e. The largest absolute Gasteiger partial charge is 1.00 e. The lowest BCUT2D eigenvalue weighted by Gasteiger charge is -2.00. The molecular weight excluding hydrogens is 360 g/mol. The van der Waals surface area contributed by atoms with E-state index in [1.807, 2.05) is 35.0 Å². The topological polar surface area (TPSA) is 52.2 Å². The summed E-state index contributed by atoms with van der Waals surface area (Å²) in [5.41, 5.74) is 2.01. The fourth-order valence-electron chi connectivity index (χ4n) is 2.03. The predicted octanol–water partition coefficient (Wildman–Crippen LogP) is -0.936. The second-order valence-corrected chi connectivity index (χ2v) is 4.84. The van der Waals surface area contributed by atoms with E-state index in [1.54, 1.807) is 25.5 Å². The molecule has 5 nitrogen and oxygen atoms in total. The molecular formula is C17H19BrN2O3. The Balaban J connectivity index is 0.00000264. The Bertz CT molecular complexity index is 707. The summed E-state index contributed by atoms with van der Waals surface area (Å²) in [5.74, 6) is -0.370. The van der Waals surface area contributed by atoms with Gasteiger partial charge in [0.15, 0.2) is 0 Å². The number of carbonyl (C=O) groups excluding carboxylic acids is 2. The third-order valence-electron chi connectivity index (χ3n) is 3.07. The molecule has 0 radical (unpaired) electrons. The number of hydrogen-bond acceptors (Lipinski definition) is 3. The molecule has 0 bridgehead atoms. The van der Waals surface area contributed by atoms with Crippen LogP contribution in [0.2, 0.25) is 0 Å². The fraction of sp³-hybridized carbons (Fsp3) is 0.235. The summed E-state index contributed by atoms with van der Waals surface area (Å²) in [6.07, 6.45) is 8.48. The second kappa shape index (κ2) is 9.05. The minimum absolute atomic E-state index is 0. The van der Waals surface area contributed by atoms with Gasteiger partial charge in [-0.1, -0.05) is 18.2 Å². The van der Waals surface area contributed by atoms with Crippen molar-refractivity contribution in [3.63, 3.8) is 0 Å². The summed E-state index contributed by atoms with van der Waals surface area (Å²) in [6.45, 7) is 4.32. The smallest absolute Gasteiger partial charge is 0.330 e. The van der Waals surface area contributed by atoms with Crippen molar-refractivity contribution in [2.45, 2.75) is 20.4 Å². The fourth-order valence-corrected chi connectivity index (χ4v) is 2.03. The second-order valence-electron chi connectivity index (χ2n) is 4.84. The van der Waals surface area contributed by atoms with Gasteiger partial charge in [-0.3, -0.25) is 0 Å². The molecule has 0 amide bonds. The molecule has 1 aromatic heterocycles. The highest BCUT2D eigenvalue weighted by molar-refractivity contribution is 5.87. The number of hydrogen-bond donors (Lipinski definition) is 0. The summed E-state index contributed by atoms with van der Waals surface area (Å²) < 4.78 is 8.31. The Morgan fingerprint density at radius 3 is 2.78 bits per heavy atom. The van der Waals surface area contributed by atoms with Crippen LogP contribution in [-0.4, -0.2) is 23.1 Å². The summed E-state index contributed by atoms with van der Waals surface area (Å²) in [4.78, 5) is 22.6. The van der Waals surface area contributed by atoms with Gasteiger partial charge in [-0.15, -0.1) is 0 Å². The molecule has 0 atom stereocenters. The number of esters is 1. The number of imidazole rings is 1. The molecule has 0 aliphatic rings. The van der Waals surface area contributed by atoms with E-state index in [1.165, 1.54) is 17.6 Å². The molecule has 0 aliphatic heterocycles. The third kappa shape index (κ3) is 5.83. The van der Waals surface area contributed by atoms with Gasteiger partial charge in [0.25, 0.3) is 6.33 Å². The summed E-state index contributed by atoms with van der Waals surface area (Å²) in [5, 5.41) is 0. The van der Waals surface area contributed by atoms with Crippen LogP contribution in [0.5, 0.6) is 0 Å². The van der Waals surface area contributed by atoms with Crippen molar-refractivity contribution in [1.29, 1.82) is 0 Å².